The Labute approximate surface area is 155 Å². The number of hydrogen-bond acceptors (Lipinski definition) is 4. The van der Waals surface area contributed by atoms with Gasteiger partial charge in [-0.15, -0.1) is 0 Å². The molecular formula is C19H22F3N3O2. The van der Waals surface area contributed by atoms with Crippen LogP contribution in [0.25, 0.3) is 0 Å². The van der Waals surface area contributed by atoms with Gasteiger partial charge in [0.15, 0.2) is 5.82 Å². The third-order valence-electron chi connectivity index (χ3n) is 4.61. The second-order valence-electron chi connectivity index (χ2n) is 7.04. The third-order valence-corrected chi connectivity index (χ3v) is 4.61. The summed E-state index contributed by atoms with van der Waals surface area (Å²) < 4.78 is 43.8. The van der Waals surface area contributed by atoms with E-state index in [-0.39, 0.29) is 18.2 Å². The first-order valence-corrected chi connectivity index (χ1v) is 9.08. The standard InChI is InChI=1S/C19H22F3N3O2/c1-12(2)18-23-16(27-24-18)6-3-7-17(26)25-10-4-5-13-11-14(19(20,21)22)8-9-15(13)25/h8-9,11-12H,3-7,10H2,1-2H3. The smallest absolute Gasteiger partial charge is 0.339 e. The van der Waals surface area contributed by atoms with E-state index < -0.39 is 11.7 Å². The van der Waals surface area contributed by atoms with Gasteiger partial charge in [-0.3, -0.25) is 4.79 Å². The Kier molecular flexibility index (Phi) is 5.53. The minimum Gasteiger partial charge on any atom is -0.339 e. The summed E-state index contributed by atoms with van der Waals surface area (Å²) in [5.41, 5.74) is 0.481. The number of carbonyl (C=O) groups is 1. The van der Waals surface area contributed by atoms with Gasteiger partial charge in [0.1, 0.15) is 0 Å². The summed E-state index contributed by atoms with van der Waals surface area (Å²) in [6.07, 6.45) is -1.85. The molecule has 5 nitrogen and oxygen atoms in total. The first kappa shape index (κ1) is 19.4. The predicted molar refractivity (Wildman–Crippen MR) is 93.4 cm³/mol. The predicted octanol–water partition coefficient (Wildman–Crippen LogP) is 4.51. The van der Waals surface area contributed by atoms with Crippen molar-refractivity contribution < 1.29 is 22.5 Å². The summed E-state index contributed by atoms with van der Waals surface area (Å²) in [6, 6.07) is 3.60. The fraction of sp³-hybridized carbons (Fsp3) is 0.526. The zero-order valence-corrected chi connectivity index (χ0v) is 15.3. The van der Waals surface area contributed by atoms with Crippen LogP contribution in [0.5, 0.6) is 0 Å². The maximum Gasteiger partial charge on any atom is 0.416 e. The van der Waals surface area contributed by atoms with Gasteiger partial charge >= 0.3 is 6.18 Å². The van der Waals surface area contributed by atoms with Crippen LogP contribution in [0.4, 0.5) is 18.9 Å². The number of alkyl halides is 3. The van der Waals surface area contributed by atoms with E-state index in [0.29, 0.717) is 55.2 Å². The van der Waals surface area contributed by atoms with Gasteiger partial charge in [0.25, 0.3) is 0 Å². The van der Waals surface area contributed by atoms with E-state index in [9.17, 15) is 18.0 Å². The zero-order chi connectivity index (χ0) is 19.6. The van der Waals surface area contributed by atoms with Crippen molar-refractivity contribution in [1.82, 2.24) is 10.1 Å². The fourth-order valence-corrected chi connectivity index (χ4v) is 3.16. The van der Waals surface area contributed by atoms with Crippen LogP contribution in [0, 0.1) is 0 Å². The highest BCUT2D eigenvalue weighted by Crippen LogP contribution is 2.35. The first-order chi connectivity index (χ1) is 12.8. The lowest BCUT2D eigenvalue weighted by molar-refractivity contribution is -0.137. The van der Waals surface area contributed by atoms with Crippen LogP contribution >= 0.6 is 0 Å². The summed E-state index contributed by atoms with van der Waals surface area (Å²) >= 11 is 0. The van der Waals surface area contributed by atoms with Crippen molar-refractivity contribution in [3.63, 3.8) is 0 Å². The van der Waals surface area contributed by atoms with Crippen LogP contribution in [0.2, 0.25) is 0 Å². The number of fused-ring (bicyclic) bond motifs is 1. The van der Waals surface area contributed by atoms with Crippen molar-refractivity contribution in [3.05, 3.63) is 41.0 Å². The number of aryl methyl sites for hydroxylation is 2. The lowest BCUT2D eigenvalue weighted by Gasteiger charge is -2.30. The average molecular weight is 381 g/mol. The molecule has 2 heterocycles. The molecule has 2 aromatic rings. The Morgan fingerprint density at radius 2 is 2.11 bits per heavy atom. The molecule has 0 aliphatic carbocycles. The van der Waals surface area contributed by atoms with Crippen LogP contribution in [0.3, 0.4) is 0 Å². The van der Waals surface area contributed by atoms with Gasteiger partial charge in [-0.05, 0) is 43.0 Å². The molecule has 0 fully saturated rings. The van der Waals surface area contributed by atoms with Crippen molar-refractivity contribution in [2.45, 2.75) is 58.0 Å². The summed E-state index contributed by atoms with van der Waals surface area (Å²) in [5, 5.41) is 3.89. The van der Waals surface area contributed by atoms with Gasteiger partial charge in [0.2, 0.25) is 11.8 Å². The molecule has 146 valence electrons. The molecule has 0 unspecified atom stereocenters. The first-order valence-electron chi connectivity index (χ1n) is 9.08. The number of halogens is 3. The maximum atomic E-state index is 12.9. The van der Waals surface area contributed by atoms with Crippen molar-refractivity contribution in [3.8, 4) is 0 Å². The molecule has 1 aromatic carbocycles. The van der Waals surface area contributed by atoms with E-state index in [1.807, 2.05) is 13.8 Å². The Hall–Kier alpha value is -2.38. The normalized spacial score (nSPS) is 14.5. The number of nitrogens with zero attached hydrogens (tertiary/aromatic N) is 3. The van der Waals surface area contributed by atoms with E-state index in [4.69, 9.17) is 4.52 Å². The topological polar surface area (TPSA) is 59.2 Å². The van der Waals surface area contributed by atoms with Crippen LogP contribution in [0.1, 0.15) is 61.9 Å². The molecule has 0 spiro atoms. The lowest BCUT2D eigenvalue weighted by Crippen LogP contribution is -2.35. The molecule has 0 N–H and O–H groups in total. The van der Waals surface area contributed by atoms with Gasteiger partial charge in [0, 0.05) is 31.0 Å². The molecule has 1 aromatic heterocycles. The highest BCUT2D eigenvalue weighted by atomic mass is 19.4. The second kappa shape index (κ2) is 7.70. The quantitative estimate of drug-likeness (QED) is 0.764. The Bertz CT molecular complexity index is 815. The van der Waals surface area contributed by atoms with Crippen LogP contribution < -0.4 is 4.90 Å². The second-order valence-corrected chi connectivity index (χ2v) is 7.04. The molecule has 0 atom stereocenters. The van der Waals surface area contributed by atoms with E-state index in [1.165, 1.54) is 6.07 Å². The highest BCUT2D eigenvalue weighted by Gasteiger charge is 2.32. The van der Waals surface area contributed by atoms with Crippen LogP contribution in [0.15, 0.2) is 22.7 Å². The van der Waals surface area contributed by atoms with Gasteiger partial charge in [0.05, 0.1) is 5.56 Å². The van der Waals surface area contributed by atoms with E-state index in [2.05, 4.69) is 10.1 Å². The largest absolute Gasteiger partial charge is 0.416 e. The summed E-state index contributed by atoms with van der Waals surface area (Å²) in [6.45, 7) is 4.46. The molecule has 1 aliphatic rings. The summed E-state index contributed by atoms with van der Waals surface area (Å²) in [4.78, 5) is 18.5. The average Bonchev–Trinajstić information content (AvgIpc) is 3.09. The lowest BCUT2D eigenvalue weighted by atomic mass is 9.98. The van der Waals surface area contributed by atoms with Crippen molar-refractivity contribution >= 4 is 11.6 Å². The Morgan fingerprint density at radius 3 is 2.78 bits per heavy atom. The number of benzene rings is 1. The summed E-state index contributed by atoms with van der Waals surface area (Å²) in [7, 11) is 0. The molecule has 0 saturated carbocycles. The van der Waals surface area contributed by atoms with Gasteiger partial charge < -0.3 is 9.42 Å². The minimum absolute atomic E-state index is 0.0979. The number of anilines is 1. The number of carbonyl (C=O) groups excluding carboxylic acids is 1. The molecule has 3 rings (SSSR count). The van der Waals surface area contributed by atoms with Gasteiger partial charge in [-0.2, -0.15) is 18.2 Å². The van der Waals surface area contributed by atoms with Gasteiger partial charge in [-0.25, -0.2) is 0 Å². The minimum atomic E-state index is -4.37. The number of amides is 1. The molecule has 1 aliphatic heterocycles. The van der Waals surface area contributed by atoms with Crippen molar-refractivity contribution in [2.24, 2.45) is 0 Å². The summed E-state index contributed by atoms with van der Waals surface area (Å²) in [5.74, 6) is 1.22. The Balaban J connectivity index is 1.62. The Morgan fingerprint density at radius 1 is 1.33 bits per heavy atom. The maximum absolute atomic E-state index is 12.9. The molecule has 0 saturated heterocycles. The number of rotatable bonds is 5. The van der Waals surface area contributed by atoms with E-state index >= 15 is 0 Å². The van der Waals surface area contributed by atoms with E-state index in [0.717, 1.165) is 12.1 Å². The SMILES string of the molecule is CC(C)c1noc(CCCC(=O)N2CCCc3cc(C(F)(F)F)ccc32)n1. The number of aromatic nitrogens is 2. The monoisotopic (exact) mass is 381 g/mol. The molecule has 0 bridgehead atoms. The van der Waals surface area contributed by atoms with Crippen molar-refractivity contribution in [2.75, 3.05) is 11.4 Å². The molecule has 1 amide bonds. The molecule has 27 heavy (non-hydrogen) atoms. The van der Waals surface area contributed by atoms with Crippen molar-refractivity contribution in [1.29, 1.82) is 0 Å². The number of hydrogen-bond donors (Lipinski definition) is 0. The fourth-order valence-electron chi connectivity index (χ4n) is 3.16. The van der Waals surface area contributed by atoms with Crippen LogP contribution in [-0.2, 0) is 23.8 Å². The van der Waals surface area contributed by atoms with Gasteiger partial charge in [-0.1, -0.05) is 19.0 Å². The third kappa shape index (κ3) is 4.48. The molecular weight excluding hydrogens is 359 g/mol. The molecule has 8 heteroatoms. The van der Waals surface area contributed by atoms with Crippen LogP contribution in [-0.4, -0.2) is 22.6 Å². The zero-order valence-electron chi connectivity index (χ0n) is 15.3. The molecule has 0 radical (unpaired) electrons. The van der Waals surface area contributed by atoms with E-state index in [1.54, 1.807) is 4.90 Å². The highest BCUT2D eigenvalue weighted by molar-refractivity contribution is 5.94.